The minimum Gasteiger partial charge on any atom is -0.480 e. The van der Waals surface area contributed by atoms with Crippen LogP contribution in [0, 0.1) is 17.6 Å². The third-order valence-electron chi connectivity index (χ3n) is 2.54. The van der Waals surface area contributed by atoms with Crippen LogP contribution < -0.4 is 5.32 Å². The molecule has 0 aromatic heterocycles. The molecule has 104 valence electrons. The molecule has 1 amide bonds. The molecular weight excluding hydrogens is 256 g/mol. The van der Waals surface area contributed by atoms with E-state index in [1.54, 1.807) is 13.8 Å². The van der Waals surface area contributed by atoms with Crippen LogP contribution in [0.5, 0.6) is 0 Å². The van der Waals surface area contributed by atoms with Gasteiger partial charge in [-0.05, 0) is 23.6 Å². The maximum atomic E-state index is 12.9. The van der Waals surface area contributed by atoms with Gasteiger partial charge in [0, 0.05) is 6.07 Å². The number of halogens is 2. The largest absolute Gasteiger partial charge is 0.480 e. The molecule has 0 heterocycles. The van der Waals surface area contributed by atoms with E-state index in [2.05, 4.69) is 5.32 Å². The van der Waals surface area contributed by atoms with Crippen LogP contribution in [0.1, 0.15) is 19.4 Å². The summed E-state index contributed by atoms with van der Waals surface area (Å²) >= 11 is 0. The van der Waals surface area contributed by atoms with Crippen molar-refractivity contribution < 1.29 is 23.5 Å². The number of carboxylic acid groups (broad SMARTS) is 1. The quantitative estimate of drug-likeness (QED) is 0.857. The van der Waals surface area contributed by atoms with E-state index < -0.39 is 29.6 Å². The normalized spacial score (nSPS) is 12.3. The van der Waals surface area contributed by atoms with Crippen molar-refractivity contribution in [2.24, 2.45) is 5.92 Å². The van der Waals surface area contributed by atoms with Crippen molar-refractivity contribution in [3.63, 3.8) is 0 Å². The predicted octanol–water partition coefficient (Wildman–Crippen LogP) is 1.73. The van der Waals surface area contributed by atoms with E-state index in [9.17, 15) is 18.4 Å². The van der Waals surface area contributed by atoms with Gasteiger partial charge >= 0.3 is 5.97 Å². The molecule has 0 radical (unpaired) electrons. The van der Waals surface area contributed by atoms with Gasteiger partial charge in [0.05, 0.1) is 6.42 Å². The predicted molar refractivity (Wildman–Crippen MR) is 64.5 cm³/mol. The molecule has 19 heavy (non-hydrogen) atoms. The lowest BCUT2D eigenvalue weighted by Gasteiger charge is -2.17. The summed E-state index contributed by atoms with van der Waals surface area (Å²) in [6, 6.07) is 1.75. The van der Waals surface area contributed by atoms with Crippen molar-refractivity contribution in [3.05, 3.63) is 35.4 Å². The van der Waals surface area contributed by atoms with Gasteiger partial charge < -0.3 is 10.4 Å². The molecule has 1 rings (SSSR count). The van der Waals surface area contributed by atoms with Crippen LogP contribution in [0.4, 0.5) is 8.78 Å². The van der Waals surface area contributed by atoms with Gasteiger partial charge in [-0.15, -0.1) is 0 Å². The molecule has 6 heteroatoms. The van der Waals surface area contributed by atoms with Crippen molar-refractivity contribution in [1.82, 2.24) is 5.32 Å². The van der Waals surface area contributed by atoms with E-state index in [4.69, 9.17) is 5.11 Å². The number of carbonyl (C=O) groups excluding carboxylic acids is 1. The van der Waals surface area contributed by atoms with Gasteiger partial charge in [0.25, 0.3) is 0 Å². The third kappa shape index (κ3) is 4.65. The number of hydrogen-bond acceptors (Lipinski definition) is 2. The lowest BCUT2D eigenvalue weighted by Crippen LogP contribution is -2.44. The highest BCUT2D eigenvalue weighted by molar-refractivity contribution is 5.85. The molecule has 0 spiro atoms. The molecule has 0 bridgehead atoms. The molecular formula is C13H15F2NO3. The van der Waals surface area contributed by atoms with Crippen LogP contribution in [0.3, 0.4) is 0 Å². The Morgan fingerprint density at radius 1 is 1.21 bits per heavy atom. The molecule has 0 aliphatic heterocycles. The number of nitrogens with one attached hydrogen (secondary N) is 1. The second kappa shape index (κ2) is 6.26. The lowest BCUT2D eigenvalue weighted by molar-refractivity contribution is -0.143. The smallest absolute Gasteiger partial charge is 0.326 e. The fourth-order valence-corrected chi connectivity index (χ4v) is 1.64. The number of carboxylic acids is 1. The topological polar surface area (TPSA) is 66.4 Å². The minimum absolute atomic E-state index is 0.155. The summed E-state index contributed by atoms with van der Waals surface area (Å²) in [6.45, 7) is 3.31. The van der Waals surface area contributed by atoms with E-state index in [1.807, 2.05) is 0 Å². The number of carbonyl (C=O) groups is 2. The van der Waals surface area contributed by atoms with E-state index in [-0.39, 0.29) is 17.9 Å². The van der Waals surface area contributed by atoms with Gasteiger partial charge in [-0.3, -0.25) is 4.79 Å². The molecule has 0 saturated carbocycles. The lowest BCUT2D eigenvalue weighted by atomic mass is 10.0. The van der Waals surface area contributed by atoms with Crippen LogP contribution in [-0.4, -0.2) is 23.0 Å². The number of rotatable bonds is 5. The first-order chi connectivity index (χ1) is 8.79. The zero-order valence-corrected chi connectivity index (χ0v) is 10.6. The Kier molecular flexibility index (Phi) is 4.97. The van der Waals surface area contributed by atoms with Gasteiger partial charge in [0.1, 0.15) is 17.7 Å². The Bertz CT molecular complexity index is 469. The molecule has 1 aromatic carbocycles. The van der Waals surface area contributed by atoms with E-state index >= 15 is 0 Å². The van der Waals surface area contributed by atoms with Crippen LogP contribution >= 0.6 is 0 Å². The monoisotopic (exact) mass is 271 g/mol. The summed E-state index contributed by atoms with van der Waals surface area (Å²) in [5.74, 6) is -3.58. The first kappa shape index (κ1) is 15.1. The Balaban J connectivity index is 2.71. The number of hydrogen-bond donors (Lipinski definition) is 2. The average molecular weight is 271 g/mol. The summed E-state index contributed by atoms with van der Waals surface area (Å²) < 4.78 is 25.9. The molecule has 1 aromatic rings. The average Bonchev–Trinajstić information content (AvgIpc) is 2.23. The first-order valence-corrected chi connectivity index (χ1v) is 5.76. The van der Waals surface area contributed by atoms with Crippen molar-refractivity contribution in [3.8, 4) is 0 Å². The molecule has 2 N–H and O–H groups in total. The second-order valence-electron chi connectivity index (χ2n) is 4.58. The molecule has 0 aliphatic carbocycles. The highest BCUT2D eigenvalue weighted by Crippen LogP contribution is 2.09. The van der Waals surface area contributed by atoms with Crippen LogP contribution in [0.25, 0.3) is 0 Å². The fraction of sp³-hybridized carbons (Fsp3) is 0.385. The summed E-state index contributed by atoms with van der Waals surface area (Å²) in [4.78, 5) is 22.5. The Hall–Kier alpha value is -1.98. The van der Waals surface area contributed by atoms with Crippen molar-refractivity contribution in [2.75, 3.05) is 0 Å². The number of benzene rings is 1. The summed E-state index contributed by atoms with van der Waals surface area (Å²) in [5.41, 5.74) is 0.155. The molecule has 1 atom stereocenters. The fourth-order valence-electron chi connectivity index (χ4n) is 1.64. The van der Waals surface area contributed by atoms with Gasteiger partial charge in [-0.1, -0.05) is 13.8 Å². The van der Waals surface area contributed by atoms with Gasteiger partial charge in [0.2, 0.25) is 5.91 Å². The third-order valence-corrected chi connectivity index (χ3v) is 2.54. The van der Waals surface area contributed by atoms with Crippen LogP contribution in [0.2, 0.25) is 0 Å². The van der Waals surface area contributed by atoms with Crippen LogP contribution in [0.15, 0.2) is 18.2 Å². The summed E-state index contributed by atoms with van der Waals surface area (Å²) in [7, 11) is 0. The minimum atomic E-state index is -1.14. The Morgan fingerprint density at radius 2 is 1.74 bits per heavy atom. The maximum absolute atomic E-state index is 12.9. The van der Waals surface area contributed by atoms with Crippen molar-refractivity contribution in [2.45, 2.75) is 26.3 Å². The number of amides is 1. The van der Waals surface area contributed by atoms with Gasteiger partial charge in [0.15, 0.2) is 0 Å². The molecule has 0 unspecified atom stereocenters. The van der Waals surface area contributed by atoms with Crippen molar-refractivity contribution in [1.29, 1.82) is 0 Å². The Morgan fingerprint density at radius 3 is 2.16 bits per heavy atom. The molecule has 0 saturated heterocycles. The van der Waals surface area contributed by atoms with Gasteiger partial charge in [-0.25, -0.2) is 13.6 Å². The summed E-state index contributed by atoms with van der Waals surface area (Å²) in [5, 5.41) is 11.2. The molecule has 0 aliphatic rings. The van der Waals surface area contributed by atoms with Gasteiger partial charge in [-0.2, -0.15) is 0 Å². The summed E-state index contributed by atoms with van der Waals surface area (Å²) in [6.07, 6.45) is -0.273. The Labute approximate surface area is 109 Å². The van der Waals surface area contributed by atoms with E-state index in [0.29, 0.717) is 6.07 Å². The zero-order valence-electron chi connectivity index (χ0n) is 10.6. The van der Waals surface area contributed by atoms with Crippen LogP contribution in [-0.2, 0) is 16.0 Å². The SMILES string of the molecule is CC(C)[C@@H](NC(=O)Cc1cc(F)cc(F)c1)C(=O)O. The second-order valence-corrected chi connectivity index (χ2v) is 4.58. The van der Waals surface area contributed by atoms with Crippen molar-refractivity contribution >= 4 is 11.9 Å². The zero-order chi connectivity index (χ0) is 14.6. The van der Waals surface area contributed by atoms with E-state index in [1.165, 1.54) is 0 Å². The molecule has 0 fully saturated rings. The highest BCUT2D eigenvalue weighted by atomic mass is 19.1. The van der Waals surface area contributed by atoms with E-state index in [0.717, 1.165) is 12.1 Å². The highest BCUT2D eigenvalue weighted by Gasteiger charge is 2.23. The first-order valence-electron chi connectivity index (χ1n) is 5.76. The molecule has 4 nitrogen and oxygen atoms in total. The standard InChI is InChI=1S/C13H15F2NO3/c1-7(2)12(13(18)19)16-11(17)5-8-3-9(14)6-10(15)4-8/h3-4,6-7,12H,5H2,1-2H3,(H,16,17)(H,18,19)/t12-/m1/s1. The number of aliphatic carboxylic acids is 1. The maximum Gasteiger partial charge on any atom is 0.326 e.